The summed E-state index contributed by atoms with van der Waals surface area (Å²) < 4.78 is 5.44. The number of carbonyl (C=O) groups excluding carboxylic acids is 1. The minimum Gasteiger partial charge on any atom is -0.381 e. The number of benzene rings is 1. The van der Waals surface area contributed by atoms with Crippen LogP contribution in [0, 0.1) is 5.92 Å². The fourth-order valence-electron chi connectivity index (χ4n) is 3.03. The normalized spacial score (nSPS) is 22.9. The first-order valence-electron chi connectivity index (χ1n) is 8.07. The number of rotatable bonds is 5. The van der Waals surface area contributed by atoms with Crippen LogP contribution in [0.4, 0.5) is 0 Å². The van der Waals surface area contributed by atoms with Gasteiger partial charge in [0.25, 0.3) is 0 Å². The lowest BCUT2D eigenvalue weighted by Gasteiger charge is -2.35. The van der Waals surface area contributed by atoms with Crippen LogP contribution in [-0.4, -0.2) is 67.4 Å². The maximum absolute atomic E-state index is 12.3. The van der Waals surface area contributed by atoms with Crippen molar-refractivity contribution in [3.8, 4) is 0 Å². The average molecular weight is 320 g/mol. The summed E-state index contributed by atoms with van der Waals surface area (Å²) in [7, 11) is 0. The molecule has 2 aliphatic heterocycles. The van der Waals surface area contributed by atoms with E-state index in [2.05, 4.69) is 17.0 Å². The van der Waals surface area contributed by atoms with Crippen molar-refractivity contribution in [1.82, 2.24) is 9.80 Å². The summed E-state index contributed by atoms with van der Waals surface area (Å²) in [6.07, 6.45) is 1.19. The molecule has 2 aliphatic rings. The zero-order chi connectivity index (χ0) is 15.2. The second kappa shape index (κ2) is 7.99. The molecule has 0 N–H and O–H groups in total. The van der Waals surface area contributed by atoms with Gasteiger partial charge in [-0.25, -0.2) is 0 Å². The van der Waals surface area contributed by atoms with Crippen molar-refractivity contribution in [3.63, 3.8) is 0 Å². The van der Waals surface area contributed by atoms with Crippen LogP contribution in [0.5, 0.6) is 0 Å². The molecule has 0 radical (unpaired) electrons. The summed E-state index contributed by atoms with van der Waals surface area (Å²) >= 11 is 1.63. The Kier molecular flexibility index (Phi) is 5.76. The van der Waals surface area contributed by atoms with E-state index in [9.17, 15) is 4.79 Å². The van der Waals surface area contributed by atoms with Gasteiger partial charge in [-0.3, -0.25) is 9.69 Å². The fourth-order valence-corrected chi connectivity index (χ4v) is 3.85. The molecule has 0 saturated carbocycles. The predicted molar refractivity (Wildman–Crippen MR) is 89.1 cm³/mol. The third-order valence-electron chi connectivity index (χ3n) is 4.37. The second-order valence-electron chi connectivity index (χ2n) is 6.01. The maximum Gasteiger partial charge on any atom is 0.233 e. The zero-order valence-electron chi connectivity index (χ0n) is 12.9. The number of hydrogen-bond acceptors (Lipinski definition) is 4. The Morgan fingerprint density at radius 1 is 1.18 bits per heavy atom. The Morgan fingerprint density at radius 3 is 2.64 bits per heavy atom. The van der Waals surface area contributed by atoms with Gasteiger partial charge < -0.3 is 9.64 Å². The largest absolute Gasteiger partial charge is 0.381 e. The van der Waals surface area contributed by atoms with Crippen LogP contribution in [-0.2, 0) is 9.53 Å². The summed E-state index contributed by atoms with van der Waals surface area (Å²) in [4.78, 5) is 17.9. The molecule has 2 fully saturated rings. The Balaban J connectivity index is 1.38. The molecule has 1 aromatic rings. The molecule has 120 valence electrons. The van der Waals surface area contributed by atoms with Crippen LogP contribution < -0.4 is 0 Å². The third kappa shape index (κ3) is 4.48. The van der Waals surface area contributed by atoms with E-state index in [0.717, 1.165) is 50.8 Å². The standard InChI is InChI=1S/C17H24N2O2S/c20-17(14-22-16-4-2-1-3-5-16)19-9-7-18(8-10-19)12-15-6-11-21-13-15/h1-5,15H,6-14H2. The number of amides is 1. The summed E-state index contributed by atoms with van der Waals surface area (Å²) in [6, 6.07) is 10.1. The highest BCUT2D eigenvalue weighted by Gasteiger charge is 2.24. The molecule has 4 nitrogen and oxygen atoms in total. The summed E-state index contributed by atoms with van der Waals surface area (Å²) in [5, 5.41) is 0. The van der Waals surface area contributed by atoms with E-state index in [0.29, 0.717) is 11.7 Å². The van der Waals surface area contributed by atoms with Crippen molar-refractivity contribution in [1.29, 1.82) is 0 Å². The number of nitrogens with zero attached hydrogens (tertiary/aromatic N) is 2. The minimum absolute atomic E-state index is 0.262. The molecule has 2 saturated heterocycles. The molecule has 0 spiro atoms. The highest BCUT2D eigenvalue weighted by atomic mass is 32.2. The van der Waals surface area contributed by atoms with Crippen molar-refractivity contribution in [2.45, 2.75) is 11.3 Å². The van der Waals surface area contributed by atoms with Gasteiger partial charge in [-0.15, -0.1) is 11.8 Å². The van der Waals surface area contributed by atoms with Crippen molar-refractivity contribution in [3.05, 3.63) is 30.3 Å². The van der Waals surface area contributed by atoms with Crippen molar-refractivity contribution >= 4 is 17.7 Å². The maximum atomic E-state index is 12.3. The third-order valence-corrected chi connectivity index (χ3v) is 5.37. The number of carbonyl (C=O) groups is 1. The highest BCUT2D eigenvalue weighted by Crippen LogP contribution is 2.19. The predicted octanol–water partition coefficient (Wildman–Crippen LogP) is 1.96. The van der Waals surface area contributed by atoms with E-state index >= 15 is 0 Å². The lowest BCUT2D eigenvalue weighted by molar-refractivity contribution is -0.130. The van der Waals surface area contributed by atoms with Crippen molar-refractivity contribution in [2.75, 3.05) is 51.7 Å². The molecule has 0 aromatic heterocycles. The first kappa shape index (κ1) is 15.8. The average Bonchev–Trinajstić information content (AvgIpc) is 3.07. The monoisotopic (exact) mass is 320 g/mol. The Morgan fingerprint density at radius 2 is 1.95 bits per heavy atom. The van der Waals surface area contributed by atoms with Crippen LogP contribution in [0.1, 0.15) is 6.42 Å². The molecule has 2 heterocycles. The lowest BCUT2D eigenvalue weighted by atomic mass is 10.1. The topological polar surface area (TPSA) is 32.8 Å². The SMILES string of the molecule is O=C(CSc1ccccc1)N1CCN(CC2CCOC2)CC1. The summed E-state index contributed by atoms with van der Waals surface area (Å²) in [5.41, 5.74) is 0. The van der Waals surface area contributed by atoms with Gasteiger partial charge in [-0.2, -0.15) is 0 Å². The molecule has 0 aliphatic carbocycles. The van der Waals surface area contributed by atoms with Crippen LogP contribution in [0.25, 0.3) is 0 Å². The van der Waals surface area contributed by atoms with Gasteiger partial charge in [0.1, 0.15) is 0 Å². The Bertz CT molecular complexity index is 469. The molecule has 0 bridgehead atoms. The molecular formula is C17H24N2O2S. The van der Waals surface area contributed by atoms with E-state index in [-0.39, 0.29) is 5.91 Å². The quantitative estimate of drug-likeness (QED) is 0.777. The number of thioether (sulfide) groups is 1. The van der Waals surface area contributed by atoms with Crippen LogP contribution in [0.2, 0.25) is 0 Å². The number of ether oxygens (including phenoxy) is 1. The molecule has 22 heavy (non-hydrogen) atoms. The van der Waals surface area contributed by atoms with Gasteiger partial charge in [-0.05, 0) is 24.5 Å². The van der Waals surface area contributed by atoms with Crippen LogP contribution >= 0.6 is 11.8 Å². The lowest BCUT2D eigenvalue weighted by Crippen LogP contribution is -2.50. The van der Waals surface area contributed by atoms with E-state index in [1.165, 1.54) is 6.42 Å². The fraction of sp³-hybridized carbons (Fsp3) is 0.588. The molecule has 1 unspecified atom stereocenters. The summed E-state index contributed by atoms with van der Waals surface area (Å²) in [6.45, 7) is 6.67. The molecule has 1 atom stereocenters. The van der Waals surface area contributed by atoms with Gasteiger partial charge in [0.2, 0.25) is 5.91 Å². The Hall–Kier alpha value is -1.04. The number of hydrogen-bond donors (Lipinski definition) is 0. The molecule has 3 rings (SSSR count). The smallest absolute Gasteiger partial charge is 0.233 e. The van der Waals surface area contributed by atoms with Crippen LogP contribution in [0.15, 0.2) is 35.2 Å². The van der Waals surface area contributed by atoms with Crippen LogP contribution in [0.3, 0.4) is 0 Å². The molecular weight excluding hydrogens is 296 g/mol. The van der Waals surface area contributed by atoms with Gasteiger partial charge in [-0.1, -0.05) is 18.2 Å². The van der Waals surface area contributed by atoms with Gasteiger partial charge in [0, 0.05) is 44.2 Å². The molecule has 5 heteroatoms. The minimum atomic E-state index is 0.262. The summed E-state index contributed by atoms with van der Waals surface area (Å²) in [5.74, 6) is 1.49. The first-order valence-corrected chi connectivity index (χ1v) is 9.05. The van der Waals surface area contributed by atoms with Crippen molar-refractivity contribution < 1.29 is 9.53 Å². The number of piperazine rings is 1. The van der Waals surface area contributed by atoms with E-state index in [4.69, 9.17) is 4.74 Å². The second-order valence-corrected chi connectivity index (χ2v) is 7.06. The Labute approximate surface area is 136 Å². The highest BCUT2D eigenvalue weighted by molar-refractivity contribution is 8.00. The van der Waals surface area contributed by atoms with Gasteiger partial charge in [0.05, 0.1) is 12.4 Å². The zero-order valence-corrected chi connectivity index (χ0v) is 13.8. The van der Waals surface area contributed by atoms with Gasteiger partial charge >= 0.3 is 0 Å². The molecule has 1 aromatic carbocycles. The van der Waals surface area contributed by atoms with E-state index in [1.807, 2.05) is 23.1 Å². The van der Waals surface area contributed by atoms with Gasteiger partial charge in [0.15, 0.2) is 0 Å². The molecule has 1 amide bonds. The van der Waals surface area contributed by atoms with Crippen molar-refractivity contribution in [2.24, 2.45) is 5.92 Å². The van der Waals surface area contributed by atoms with E-state index < -0.39 is 0 Å². The first-order chi connectivity index (χ1) is 10.8. The van der Waals surface area contributed by atoms with E-state index in [1.54, 1.807) is 11.8 Å².